The number of hydrogen-bond donors (Lipinski definition) is 0. The summed E-state index contributed by atoms with van der Waals surface area (Å²) in [6, 6.07) is 7.75. The highest BCUT2D eigenvalue weighted by Crippen LogP contribution is 2.29. The zero-order valence-electron chi connectivity index (χ0n) is 9.09. The first-order valence-electron chi connectivity index (χ1n) is 5.43. The minimum atomic E-state index is -0.0217. The zero-order valence-corrected chi connectivity index (χ0v) is 9.09. The highest BCUT2D eigenvalue weighted by Gasteiger charge is 2.16. The normalized spacial score (nSPS) is 21.3. The molecule has 1 aliphatic carbocycles. The number of carbonyl (C=O) groups excluding carboxylic acids is 1. The van der Waals surface area contributed by atoms with Crippen molar-refractivity contribution < 1.29 is 9.53 Å². The highest BCUT2D eigenvalue weighted by molar-refractivity contribution is 6.08. The minimum Gasteiger partial charge on any atom is -0.456 e. The van der Waals surface area contributed by atoms with Gasteiger partial charge in [-0.15, -0.1) is 0 Å². The fraction of sp³-hybridized carbons (Fsp3) is 0. The Balaban J connectivity index is 2.05. The van der Waals surface area contributed by atoms with E-state index in [1.165, 1.54) is 0 Å². The fourth-order valence-corrected chi connectivity index (χ4v) is 1.84. The number of rotatable bonds is 0. The predicted molar refractivity (Wildman–Crippen MR) is 66.4 cm³/mol. The van der Waals surface area contributed by atoms with Crippen molar-refractivity contribution in [1.82, 2.24) is 0 Å². The van der Waals surface area contributed by atoms with Crippen molar-refractivity contribution in [2.75, 3.05) is 0 Å². The van der Waals surface area contributed by atoms with Gasteiger partial charge < -0.3 is 4.74 Å². The summed E-state index contributed by atoms with van der Waals surface area (Å²) >= 11 is 0. The number of para-hydroxylation sites is 1. The summed E-state index contributed by atoms with van der Waals surface area (Å²) in [5.41, 5.74) is 1.62. The third kappa shape index (κ3) is 1.74. The quantitative estimate of drug-likeness (QED) is 0.631. The van der Waals surface area contributed by atoms with Gasteiger partial charge in [-0.2, -0.15) is 0 Å². The molecule has 0 saturated heterocycles. The average molecular weight is 222 g/mol. The molecule has 2 heteroatoms. The molecule has 0 atom stereocenters. The van der Waals surface area contributed by atoms with E-state index < -0.39 is 0 Å². The molecule has 1 aliphatic heterocycles. The molecule has 0 saturated carbocycles. The van der Waals surface area contributed by atoms with Gasteiger partial charge in [-0.3, -0.25) is 4.79 Å². The van der Waals surface area contributed by atoms with E-state index in [-0.39, 0.29) is 5.78 Å². The van der Waals surface area contributed by atoms with Crippen LogP contribution in [0.15, 0.2) is 66.0 Å². The summed E-state index contributed by atoms with van der Waals surface area (Å²) < 4.78 is 5.73. The monoisotopic (exact) mass is 222 g/mol. The van der Waals surface area contributed by atoms with Gasteiger partial charge in [-0.25, -0.2) is 0 Å². The van der Waals surface area contributed by atoms with Crippen LogP contribution in [0.5, 0.6) is 5.75 Å². The number of ether oxygens (including phenoxy) is 1. The van der Waals surface area contributed by atoms with Gasteiger partial charge in [-0.1, -0.05) is 30.4 Å². The van der Waals surface area contributed by atoms with E-state index in [1.54, 1.807) is 18.2 Å². The second-order valence-electron chi connectivity index (χ2n) is 3.83. The van der Waals surface area contributed by atoms with Crippen LogP contribution in [-0.4, -0.2) is 5.78 Å². The van der Waals surface area contributed by atoms with Crippen LogP contribution >= 0.6 is 0 Å². The van der Waals surface area contributed by atoms with Gasteiger partial charge in [-0.05, 0) is 30.4 Å². The number of hydrogen-bond acceptors (Lipinski definition) is 2. The van der Waals surface area contributed by atoms with E-state index in [2.05, 4.69) is 0 Å². The van der Waals surface area contributed by atoms with E-state index >= 15 is 0 Å². The maximum atomic E-state index is 11.7. The molecule has 2 aliphatic rings. The Bertz CT molecular complexity index is 601. The SMILES string of the molecule is O=C1C=CC=C/C1=C1\C=Cc2ccccc2O1. The molecule has 1 aromatic carbocycles. The lowest BCUT2D eigenvalue weighted by Crippen LogP contribution is -2.08. The Hall–Kier alpha value is -2.35. The van der Waals surface area contributed by atoms with Gasteiger partial charge in [0.05, 0.1) is 5.57 Å². The third-order valence-electron chi connectivity index (χ3n) is 2.71. The smallest absolute Gasteiger partial charge is 0.189 e. The Labute approximate surface area is 99.2 Å². The maximum absolute atomic E-state index is 11.7. The molecule has 0 spiro atoms. The lowest BCUT2D eigenvalue weighted by atomic mass is 10.0. The first-order chi connectivity index (χ1) is 8.34. The molecule has 1 heterocycles. The average Bonchev–Trinajstić information content (AvgIpc) is 2.39. The van der Waals surface area contributed by atoms with Gasteiger partial charge in [0.25, 0.3) is 0 Å². The minimum absolute atomic E-state index is 0.0217. The van der Waals surface area contributed by atoms with Crippen LogP contribution in [0.25, 0.3) is 6.08 Å². The highest BCUT2D eigenvalue weighted by atomic mass is 16.5. The Kier molecular flexibility index (Phi) is 2.26. The number of fused-ring (bicyclic) bond motifs is 1. The summed E-state index contributed by atoms with van der Waals surface area (Å²) in [6.07, 6.45) is 10.7. The molecular weight excluding hydrogens is 212 g/mol. The van der Waals surface area contributed by atoms with Crippen molar-refractivity contribution in [2.45, 2.75) is 0 Å². The number of carbonyl (C=O) groups is 1. The Morgan fingerprint density at radius 3 is 2.59 bits per heavy atom. The maximum Gasteiger partial charge on any atom is 0.189 e. The number of benzene rings is 1. The second-order valence-corrected chi connectivity index (χ2v) is 3.83. The summed E-state index contributed by atoms with van der Waals surface area (Å²) in [6.45, 7) is 0. The first-order valence-corrected chi connectivity index (χ1v) is 5.43. The molecule has 0 fully saturated rings. The molecule has 1 aromatic rings. The van der Waals surface area contributed by atoms with Crippen molar-refractivity contribution in [1.29, 1.82) is 0 Å². The van der Waals surface area contributed by atoms with Crippen molar-refractivity contribution in [2.24, 2.45) is 0 Å². The molecule has 17 heavy (non-hydrogen) atoms. The summed E-state index contributed by atoms with van der Waals surface area (Å²) in [7, 11) is 0. The van der Waals surface area contributed by atoms with Crippen LogP contribution in [0.1, 0.15) is 5.56 Å². The summed E-state index contributed by atoms with van der Waals surface area (Å²) in [5.74, 6) is 1.37. The molecule has 0 bridgehead atoms. The largest absolute Gasteiger partial charge is 0.456 e. The predicted octanol–water partition coefficient (Wildman–Crippen LogP) is 3.04. The molecule has 0 radical (unpaired) electrons. The molecule has 0 N–H and O–H groups in total. The van der Waals surface area contributed by atoms with Crippen molar-refractivity contribution >= 4 is 11.9 Å². The molecule has 0 aromatic heterocycles. The standard InChI is InChI=1S/C15H10O2/c16-13-7-3-2-6-12(13)15-10-9-11-5-1-4-8-14(11)17-15/h1-10H/b15-12-. The van der Waals surface area contributed by atoms with Gasteiger partial charge in [0, 0.05) is 5.56 Å². The van der Waals surface area contributed by atoms with E-state index in [1.807, 2.05) is 42.5 Å². The number of allylic oxidation sites excluding steroid dienone is 6. The molecule has 3 rings (SSSR count). The lowest BCUT2D eigenvalue weighted by molar-refractivity contribution is -0.111. The van der Waals surface area contributed by atoms with E-state index in [0.29, 0.717) is 11.3 Å². The zero-order chi connectivity index (χ0) is 11.7. The van der Waals surface area contributed by atoms with Gasteiger partial charge in [0.2, 0.25) is 0 Å². The first kappa shape index (κ1) is 9.85. The molecule has 0 amide bonds. The molecule has 0 unspecified atom stereocenters. The summed E-state index contributed by atoms with van der Waals surface area (Å²) in [5, 5.41) is 0. The van der Waals surface area contributed by atoms with E-state index in [4.69, 9.17) is 4.74 Å². The van der Waals surface area contributed by atoms with Gasteiger partial charge in [0.15, 0.2) is 5.78 Å². The fourth-order valence-electron chi connectivity index (χ4n) is 1.84. The van der Waals surface area contributed by atoms with Crippen LogP contribution in [0.3, 0.4) is 0 Å². The van der Waals surface area contributed by atoms with Gasteiger partial charge in [0.1, 0.15) is 11.5 Å². The van der Waals surface area contributed by atoms with E-state index in [0.717, 1.165) is 11.3 Å². The molecule has 82 valence electrons. The van der Waals surface area contributed by atoms with Crippen LogP contribution in [-0.2, 0) is 4.79 Å². The Morgan fingerprint density at radius 2 is 1.71 bits per heavy atom. The van der Waals surface area contributed by atoms with Crippen LogP contribution < -0.4 is 4.74 Å². The summed E-state index contributed by atoms with van der Waals surface area (Å²) in [4.78, 5) is 11.7. The third-order valence-corrected chi connectivity index (χ3v) is 2.71. The Morgan fingerprint density at radius 1 is 0.882 bits per heavy atom. The molecule has 2 nitrogen and oxygen atoms in total. The van der Waals surface area contributed by atoms with Gasteiger partial charge >= 0.3 is 0 Å². The lowest BCUT2D eigenvalue weighted by Gasteiger charge is -2.16. The van der Waals surface area contributed by atoms with Crippen LogP contribution in [0.4, 0.5) is 0 Å². The molecular formula is C15H10O2. The second kappa shape index (κ2) is 3.91. The van der Waals surface area contributed by atoms with Crippen LogP contribution in [0.2, 0.25) is 0 Å². The van der Waals surface area contributed by atoms with E-state index in [9.17, 15) is 4.79 Å². The topological polar surface area (TPSA) is 26.3 Å². The van der Waals surface area contributed by atoms with Crippen molar-refractivity contribution in [3.05, 3.63) is 71.5 Å². The van der Waals surface area contributed by atoms with Crippen LogP contribution in [0, 0.1) is 0 Å². The van der Waals surface area contributed by atoms with Crippen molar-refractivity contribution in [3.8, 4) is 5.75 Å². The number of ketones is 1. The van der Waals surface area contributed by atoms with Crippen molar-refractivity contribution in [3.63, 3.8) is 0 Å².